The van der Waals surface area contributed by atoms with Crippen molar-refractivity contribution in [2.45, 2.75) is 66.1 Å². The molecule has 0 spiro atoms. The molecule has 0 aliphatic heterocycles. The number of hydrogen-bond acceptors (Lipinski definition) is 1. The number of hydrogen-bond donors (Lipinski definition) is 0. The van der Waals surface area contributed by atoms with E-state index in [9.17, 15) is 0 Å². The number of allylic oxidation sites excluding steroid dienone is 1. The predicted octanol–water partition coefficient (Wildman–Crippen LogP) is 4.96. The van der Waals surface area contributed by atoms with Crippen LogP contribution in [0.2, 0.25) is 19.6 Å². The summed E-state index contributed by atoms with van der Waals surface area (Å²) in [6, 6.07) is 0. The molecule has 0 aromatic heterocycles. The van der Waals surface area contributed by atoms with Crippen molar-refractivity contribution < 1.29 is 4.43 Å². The van der Waals surface area contributed by atoms with Crippen molar-refractivity contribution >= 4 is 8.32 Å². The first-order chi connectivity index (χ1) is 6.90. The molecule has 90 valence electrons. The highest BCUT2D eigenvalue weighted by Crippen LogP contribution is 2.22. The molecular weight excluding hydrogens is 200 g/mol. The molecule has 1 atom stereocenters. The normalized spacial score (nSPS) is 15.2. The minimum absolute atomic E-state index is 0.723. The topological polar surface area (TPSA) is 9.23 Å². The Labute approximate surface area is 97.0 Å². The van der Waals surface area contributed by atoms with Crippen LogP contribution in [0.4, 0.5) is 0 Å². The van der Waals surface area contributed by atoms with Crippen LogP contribution in [0, 0.1) is 5.92 Å². The maximum atomic E-state index is 5.83. The predicted molar refractivity (Wildman–Crippen MR) is 71.5 cm³/mol. The van der Waals surface area contributed by atoms with E-state index < -0.39 is 8.32 Å². The lowest BCUT2D eigenvalue weighted by molar-refractivity contribution is 0.443. The maximum Gasteiger partial charge on any atom is 0.241 e. The molecule has 0 heterocycles. The number of rotatable bonds is 7. The highest BCUT2D eigenvalue weighted by atomic mass is 28.4. The van der Waals surface area contributed by atoms with Gasteiger partial charge in [0, 0.05) is 0 Å². The zero-order valence-electron chi connectivity index (χ0n) is 11.4. The first kappa shape index (κ1) is 14.8. The standard InChI is InChI=1S/C13H28OSi/c1-7-9-10-13(8-2)12(3)11-14-15(4,5)6/h11,13H,7-10H2,1-6H3/b12-11-. The van der Waals surface area contributed by atoms with Crippen LogP contribution in [0.25, 0.3) is 0 Å². The van der Waals surface area contributed by atoms with Crippen LogP contribution in [0.1, 0.15) is 46.5 Å². The van der Waals surface area contributed by atoms with E-state index in [-0.39, 0.29) is 0 Å². The highest BCUT2D eigenvalue weighted by molar-refractivity contribution is 6.69. The first-order valence-corrected chi connectivity index (χ1v) is 9.66. The largest absolute Gasteiger partial charge is 0.550 e. The Bertz CT molecular complexity index is 191. The van der Waals surface area contributed by atoms with Gasteiger partial charge in [-0.1, -0.05) is 26.7 Å². The quantitative estimate of drug-likeness (QED) is 0.442. The average molecular weight is 228 g/mol. The second kappa shape index (κ2) is 7.10. The van der Waals surface area contributed by atoms with E-state index in [2.05, 4.69) is 40.4 Å². The molecule has 0 radical (unpaired) electrons. The van der Waals surface area contributed by atoms with Gasteiger partial charge >= 0.3 is 0 Å². The van der Waals surface area contributed by atoms with Crippen molar-refractivity contribution in [3.8, 4) is 0 Å². The van der Waals surface area contributed by atoms with E-state index in [1.54, 1.807) is 0 Å². The SMILES string of the molecule is CCCCC(CC)/C(C)=C\O[Si](C)(C)C. The summed E-state index contributed by atoms with van der Waals surface area (Å²) in [4.78, 5) is 0. The van der Waals surface area contributed by atoms with E-state index in [0.29, 0.717) is 0 Å². The molecular formula is C13H28OSi. The lowest BCUT2D eigenvalue weighted by atomic mass is 9.93. The van der Waals surface area contributed by atoms with Gasteiger partial charge < -0.3 is 4.43 Å². The molecule has 15 heavy (non-hydrogen) atoms. The van der Waals surface area contributed by atoms with Gasteiger partial charge in [-0.3, -0.25) is 0 Å². The van der Waals surface area contributed by atoms with E-state index >= 15 is 0 Å². The van der Waals surface area contributed by atoms with Crippen LogP contribution < -0.4 is 0 Å². The van der Waals surface area contributed by atoms with E-state index in [1.165, 1.54) is 31.3 Å². The van der Waals surface area contributed by atoms with Crippen molar-refractivity contribution in [1.29, 1.82) is 0 Å². The molecule has 0 aromatic rings. The summed E-state index contributed by atoms with van der Waals surface area (Å²) < 4.78 is 5.83. The molecule has 0 aromatic carbocycles. The average Bonchev–Trinajstić information content (AvgIpc) is 2.15. The summed E-state index contributed by atoms with van der Waals surface area (Å²) in [6.07, 6.45) is 7.19. The van der Waals surface area contributed by atoms with Crippen LogP contribution in [-0.2, 0) is 4.43 Å². The highest BCUT2D eigenvalue weighted by Gasteiger charge is 2.15. The zero-order chi connectivity index (χ0) is 11.9. The lowest BCUT2D eigenvalue weighted by Crippen LogP contribution is -2.22. The van der Waals surface area contributed by atoms with Crippen LogP contribution in [-0.4, -0.2) is 8.32 Å². The molecule has 0 fully saturated rings. The molecule has 0 bridgehead atoms. The third-order valence-electron chi connectivity index (χ3n) is 2.64. The fourth-order valence-corrected chi connectivity index (χ4v) is 2.11. The van der Waals surface area contributed by atoms with Gasteiger partial charge in [-0.25, -0.2) is 0 Å². The Hall–Kier alpha value is -0.243. The lowest BCUT2D eigenvalue weighted by Gasteiger charge is -2.20. The third-order valence-corrected chi connectivity index (χ3v) is 3.47. The van der Waals surface area contributed by atoms with Gasteiger partial charge in [0.2, 0.25) is 8.32 Å². The fourth-order valence-electron chi connectivity index (χ4n) is 1.57. The van der Waals surface area contributed by atoms with Gasteiger partial charge in [0.1, 0.15) is 0 Å². The van der Waals surface area contributed by atoms with Crippen molar-refractivity contribution in [1.82, 2.24) is 0 Å². The van der Waals surface area contributed by atoms with Crippen molar-refractivity contribution in [2.24, 2.45) is 5.92 Å². The first-order valence-electron chi connectivity index (χ1n) is 6.25. The molecule has 1 unspecified atom stereocenters. The minimum Gasteiger partial charge on any atom is -0.550 e. The summed E-state index contributed by atoms with van der Waals surface area (Å²) in [5, 5.41) is 0. The summed E-state index contributed by atoms with van der Waals surface area (Å²) >= 11 is 0. The molecule has 0 aliphatic rings. The molecule has 0 saturated heterocycles. The van der Waals surface area contributed by atoms with Crippen LogP contribution in [0.5, 0.6) is 0 Å². The summed E-state index contributed by atoms with van der Waals surface area (Å²) in [5.41, 5.74) is 1.42. The summed E-state index contributed by atoms with van der Waals surface area (Å²) in [7, 11) is -1.39. The second-order valence-electron chi connectivity index (χ2n) is 5.34. The maximum absolute atomic E-state index is 5.83. The molecule has 0 aliphatic carbocycles. The molecule has 2 heteroatoms. The van der Waals surface area contributed by atoms with Crippen molar-refractivity contribution in [3.05, 3.63) is 11.8 Å². The van der Waals surface area contributed by atoms with Crippen molar-refractivity contribution in [2.75, 3.05) is 0 Å². The smallest absolute Gasteiger partial charge is 0.241 e. The molecule has 1 nitrogen and oxygen atoms in total. The summed E-state index contributed by atoms with van der Waals surface area (Å²) in [6.45, 7) is 13.4. The molecule has 0 amide bonds. The van der Waals surface area contributed by atoms with Crippen LogP contribution in [0.15, 0.2) is 11.8 Å². The Morgan fingerprint density at radius 2 is 1.87 bits per heavy atom. The van der Waals surface area contributed by atoms with Crippen LogP contribution >= 0.6 is 0 Å². The van der Waals surface area contributed by atoms with Gasteiger partial charge in [0.15, 0.2) is 0 Å². The monoisotopic (exact) mass is 228 g/mol. The Morgan fingerprint density at radius 1 is 1.27 bits per heavy atom. The van der Waals surface area contributed by atoms with E-state index in [0.717, 1.165) is 5.92 Å². The molecule has 0 rings (SSSR count). The van der Waals surface area contributed by atoms with Crippen LogP contribution in [0.3, 0.4) is 0 Å². The van der Waals surface area contributed by atoms with Gasteiger partial charge in [-0.05, 0) is 50.9 Å². The molecule has 0 N–H and O–H groups in total. The Balaban J connectivity index is 4.18. The summed E-state index contributed by atoms with van der Waals surface area (Å²) in [5.74, 6) is 0.723. The number of unbranched alkanes of at least 4 members (excludes halogenated alkanes) is 1. The van der Waals surface area contributed by atoms with Crippen molar-refractivity contribution in [3.63, 3.8) is 0 Å². The van der Waals surface area contributed by atoms with Gasteiger partial charge in [0.25, 0.3) is 0 Å². The third kappa shape index (κ3) is 7.66. The fraction of sp³-hybridized carbons (Fsp3) is 0.846. The van der Waals surface area contributed by atoms with Gasteiger partial charge in [-0.15, -0.1) is 0 Å². The zero-order valence-corrected chi connectivity index (χ0v) is 12.4. The second-order valence-corrected chi connectivity index (χ2v) is 9.80. The van der Waals surface area contributed by atoms with E-state index in [4.69, 9.17) is 4.43 Å². The van der Waals surface area contributed by atoms with Gasteiger partial charge in [0.05, 0.1) is 6.26 Å². The minimum atomic E-state index is -1.39. The Kier molecular flexibility index (Phi) is 6.99. The molecule has 0 saturated carbocycles. The van der Waals surface area contributed by atoms with Gasteiger partial charge in [-0.2, -0.15) is 0 Å². The van der Waals surface area contributed by atoms with E-state index in [1.807, 2.05) is 6.26 Å². The Morgan fingerprint density at radius 3 is 2.27 bits per heavy atom.